The van der Waals surface area contributed by atoms with E-state index in [0.29, 0.717) is 9.99 Å². The Hall–Kier alpha value is -2.73. The van der Waals surface area contributed by atoms with Crippen LogP contribution in [0.1, 0.15) is 24.0 Å². The minimum Gasteiger partial charge on any atom is -0.444 e. The first-order chi connectivity index (χ1) is 15.1. The Labute approximate surface area is 180 Å². The molecular weight excluding hydrogens is 459 g/mol. The molecule has 4 rings (SSSR count). The number of hydrogen-bond donors (Lipinski definition) is 0. The van der Waals surface area contributed by atoms with Crippen molar-refractivity contribution in [3.63, 3.8) is 0 Å². The molecule has 32 heavy (non-hydrogen) atoms. The maximum absolute atomic E-state index is 14.1. The van der Waals surface area contributed by atoms with Gasteiger partial charge in [-0.15, -0.1) is 0 Å². The number of nitrogens with zero attached hydrogens (tertiary/aromatic N) is 2. The monoisotopic (exact) mass is 476 g/mol. The van der Waals surface area contributed by atoms with Crippen molar-refractivity contribution >= 4 is 21.8 Å². The standard InChI is InChI=1S/C20H17F5N2O4S/c1-10-3-2-4-11-9-31-20(28)27(18(10)11)12-5-7-26(8-6-12)32(29,30)19-16(24)14(22)13(21)15(23)17(19)25/h2-4,12H,5-9H2,1H3. The van der Waals surface area contributed by atoms with Gasteiger partial charge in [0.1, 0.15) is 6.61 Å². The van der Waals surface area contributed by atoms with E-state index in [1.54, 1.807) is 6.07 Å². The minimum atomic E-state index is -5.02. The highest BCUT2D eigenvalue weighted by Crippen LogP contribution is 2.36. The molecule has 0 aliphatic carbocycles. The number of piperidine rings is 1. The Kier molecular flexibility index (Phi) is 5.61. The highest BCUT2D eigenvalue weighted by molar-refractivity contribution is 7.89. The Morgan fingerprint density at radius 1 is 0.938 bits per heavy atom. The summed E-state index contributed by atoms with van der Waals surface area (Å²) in [4.78, 5) is 12.0. The number of rotatable bonds is 3. The van der Waals surface area contributed by atoms with Crippen molar-refractivity contribution in [3.8, 4) is 0 Å². The number of amides is 1. The summed E-state index contributed by atoms with van der Waals surface area (Å²) in [6.45, 7) is 1.32. The number of halogens is 5. The fourth-order valence-electron chi connectivity index (χ4n) is 4.09. The molecule has 0 aromatic heterocycles. The summed E-state index contributed by atoms with van der Waals surface area (Å²) in [7, 11) is -5.02. The number of benzene rings is 2. The van der Waals surface area contributed by atoms with Gasteiger partial charge in [-0.25, -0.2) is 35.2 Å². The first-order valence-electron chi connectivity index (χ1n) is 9.61. The number of hydrogen-bond acceptors (Lipinski definition) is 4. The lowest BCUT2D eigenvalue weighted by atomic mass is 10.00. The zero-order chi connectivity index (χ0) is 23.4. The number of carbonyl (C=O) groups is 1. The number of para-hydroxylation sites is 1. The molecule has 1 fully saturated rings. The van der Waals surface area contributed by atoms with Crippen LogP contribution < -0.4 is 4.90 Å². The Bertz CT molecular complexity index is 1180. The summed E-state index contributed by atoms with van der Waals surface area (Å²) in [5.41, 5.74) is 2.25. The number of carbonyl (C=O) groups excluding carboxylic acids is 1. The normalized spacial score (nSPS) is 17.9. The van der Waals surface area contributed by atoms with E-state index >= 15 is 0 Å². The first-order valence-corrected chi connectivity index (χ1v) is 11.1. The molecule has 2 aromatic carbocycles. The van der Waals surface area contributed by atoms with E-state index in [4.69, 9.17) is 4.74 Å². The minimum absolute atomic E-state index is 0.0670. The van der Waals surface area contributed by atoms with Crippen LogP contribution in [0.5, 0.6) is 0 Å². The summed E-state index contributed by atoms with van der Waals surface area (Å²) < 4.78 is 99.8. The van der Waals surface area contributed by atoms with Gasteiger partial charge in [-0.2, -0.15) is 4.31 Å². The third-order valence-corrected chi connectivity index (χ3v) is 7.59. The van der Waals surface area contributed by atoms with Crippen LogP contribution in [-0.2, 0) is 21.4 Å². The van der Waals surface area contributed by atoms with E-state index < -0.39 is 56.1 Å². The summed E-state index contributed by atoms with van der Waals surface area (Å²) in [5.74, 6) is -11.9. The molecule has 0 spiro atoms. The summed E-state index contributed by atoms with van der Waals surface area (Å²) in [6.07, 6.45) is -0.470. The molecule has 0 unspecified atom stereocenters. The molecule has 12 heteroatoms. The van der Waals surface area contributed by atoms with Crippen LogP contribution in [0, 0.1) is 36.0 Å². The van der Waals surface area contributed by atoms with Crippen LogP contribution in [0.25, 0.3) is 0 Å². The second-order valence-corrected chi connectivity index (χ2v) is 9.42. The van der Waals surface area contributed by atoms with E-state index in [0.717, 1.165) is 11.1 Å². The molecule has 6 nitrogen and oxygen atoms in total. The molecular formula is C20H17F5N2O4S. The summed E-state index contributed by atoms with van der Waals surface area (Å²) in [6, 6.07) is 4.94. The van der Waals surface area contributed by atoms with E-state index in [1.165, 1.54) is 4.90 Å². The molecule has 2 aliphatic heterocycles. The van der Waals surface area contributed by atoms with Crippen LogP contribution in [0.4, 0.5) is 32.4 Å². The highest BCUT2D eigenvalue weighted by Gasteiger charge is 2.41. The number of fused-ring (bicyclic) bond motifs is 1. The van der Waals surface area contributed by atoms with Gasteiger partial charge in [-0.3, -0.25) is 4.90 Å². The summed E-state index contributed by atoms with van der Waals surface area (Å²) in [5, 5.41) is 0. The van der Waals surface area contributed by atoms with Gasteiger partial charge in [0.15, 0.2) is 28.2 Å². The molecule has 0 N–H and O–H groups in total. The van der Waals surface area contributed by atoms with Crippen molar-refractivity contribution in [3.05, 3.63) is 58.4 Å². The lowest BCUT2D eigenvalue weighted by Gasteiger charge is -2.40. The maximum atomic E-state index is 14.1. The van der Waals surface area contributed by atoms with Gasteiger partial charge < -0.3 is 4.74 Å². The van der Waals surface area contributed by atoms with Gasteiger partial charge in [0, 0.05) is 24.7 Å². The number of ether oxygens (including phenoxy) is 1. The third-order valence-electron chi connectivity index (χ3n) is 5.67. The summed E-state index contributed by atoms with van der Waals surface area (Å²) >= 11 is 0. The molecule has 2 heterocycles. The predicted octanol–water partition coefficient (Wildman–Crippen LogP) is 4.00. The second-order valence-electron chi connectivity index (χ2n) is 7.54. The third kappa shape index (κ3) is 3.41. The zero-order valence-electron chi connectivity index (χ0n) is 16.7. The lowest BCUT2D eigenvalue weighted by Crippen LogP contribution is -2.51. The van der Waals surface area contributed by atoms with Gasteiger partial charge in [0.05, 0.1) is 5.69 Å². The average molecular weight is 476 g/mol. The lowest BCUT2D eigenvalue weighted by molar-refractivity contribution is 0.135. The largest absolute Gasteiger partial charge is 0.444 e. The first kappa shape index (κ1) is 22.5. The maximum Gasteiger partial charge on any atom is 0.414 e. The molecule has 2 aromatic rings. The fourth-order valence-corrected chi connectivity index (χ4v) is 5.68. The van der Waals surface area contributed by atoms with Crippen molar-refractivity contribution in [1.82, 2.24) is 4.31 Å². The zero-order valence-corrected chi connectivity index (χ0v) is 17.5. The van der Waals surface area contributed by atoms with Gasteiger partial charge in [0.2, 0.25) is 15.8 Å². The molecule has 0 bridgehead atoms. The molecule has 0 radical (unpaired) electrons. The Morgan fingerprint density at radius 2 is 1.50 bits per heavy atom. The van der Waals surface area contributed by atoms with Crippen molar-refractivity contribution in [1.29, 1.82) is 0 Å². The average Bonchev–Trinajstić information content (AvgIpc) is 2.77. The van der Waals surface area contributed by atoms with Crippen LogP contribution in [-0.4, -0.2) is 37.9 Å². The molecule has 0 atom stereocenters. The number of anilines is 1. The van der Waals surface area contributed by atoms with Gasteiger partial charge >= 0.3 is 6.09 Å². The quantitative estimate of drug-likeness (QED) is 0.382. The van der Waals surface area contributed by atoms with Gasteiger partial charge in [-0.05, 0) is 25.3 Å². The predicted molar refractivity (Wildman–Crippen MR) is 102 cm³/mol. The van der Waals surface area contributed by atoms with Crippen molar-refractivity contribution in [2.75, 3.05) is 18.0 Å². The van der Waals surface area contributed by atoms with Gasteiger partial charge in [-0.1, -0.05) is 18.2 Å². The SMILES string of the molecule is Cc1cccc2c1N(C1CCN(S(=O)(=O)c3c(F)c(F)c(F)c(F)c3F)CC1)C(=O)OC2. The van der Waals surface area contributed by atoms with E-state index in [-0.39, 0.29) is 32.5 Å². The number of sulfonamides is 1. The fraction of sp³-hybridized carbons (Fsp3) is 0.350. The molecule has 1 amide bonds. The molecule has 2 aliphatic rings. The van der Waals surface area contributed by atoms with Crippen molar-refractivity contribution in [2.24, 2.45) is 0 Å². The Morgan fingerprint density at radius 3 is 2.09 bits per heavy atom. The Balaban J connectivity index is 1.61. The molecule has 1 saturated heterocycles. The van der Waals surface area contributed by atoms with E-state index in [9.17, 15) is 35.2 Å². The van der Waals surface area contributed by atoms with Crippen molar-refractivity contribution < 1.29 is 39.9 Å². The van der Waals surface area contributed by atoms with E-state index in [1.807, 2.05) is 19.1 Å². The van der Waals surface area contributed by atoms with Crippen molar-refractivity contribution in [2.45, 2.75) is 37.3 Å². The van der Waals surface area contributed by atoms with E-state index in [2.05, 4.69) is 0 Å². The topological polar surface area (TPSA) is 66.9 Å². The highest BCUT2D eigenvalue weighted by atomic mass is 32.2. The van der Waals surface area contributed by atoms with Crippen LogP contribution in [0.2, 0.25) is 0 Å². The molecule has 172 valence electrons. The number of aryl methyl sites for hydroxylation is 1. The number of cyclic esters (lactones) is 1. The van der Waals surface area contributed by atoms with Crippen LogP contribution in [0.15, 0.2) is 23.1 Å². The molecule has 0 saturated carbocycles. The van der Waals surface area contributed by atoms with Gasteiger partial charge in [0.25, 0.3) is 0 Å². The van der Waals surface area contributed by atoms with Crippen LogP contribution in [0.3, 0.4) is 0 Å². The second kappa shape index (κ2) is 8.00. The smallest absolute Gasteiger partial charge is 0.414 e. The van der Waals surface area contributed by atoms with Crippen LogP contribution >= 0.6 is 0 Å².